The van der Waals surface area contributed by atoms with Gasteiger partial charge in [-0.25, -0.2) is 8.42 Å². The van der Waals surface area contributed by atoms with Crippen LogP contribution in [0.2, 0.25) is 0 Å². The Morgan fingerprint density at radius 3 is 2.27 bits per heavy atom. The molecule has 9 nitrogen and oxygen atoms in total. The normalized spacial score (nSPS) is 11.9. The number of nitrogens with zero attached hydrogens (tertiary/aromatic N) is 1. The lowest BCUT2D eigenvalue weighted by atomic mass is 10.1. The molecule has 0 fully saturated rings. The summed E-state index contributed by atoms with van der Waals surface area (Å²) in [6.45, 7) is 1.34. The van der Waals surface area contributed by atoms with Gasteiger partial charge in [-0.05, 0) is 42.6 Å². The zero-order chi connectivity index (χ0) is 26.6. The van der Waals surface area contributed by atoms with Gasteiger partial charge in [0.1, 0.15) is 19.0 Å². The Hall–Kier alpha value is -3.80. The molecule has 37 heavy (non-hydrogen) atoms. The number of ether oxygens (including phenoxy) is 1. The van der Waals surface area contributed by atoms with Crippen molar-refractivity contribution in [1.82, 2.24) is 0 Å². The van der Waals surface area contributed by atoms with Crippen molar-refractivity contribution < 1.29 is 30.7 Å². The number of aryl methyl sites for hydroxylation is 1. The molecule has 192 valence electrons. The molecule has 0 N–H and O–H groups in total. The van der Waals surface area contributed by atoms with Crippen LogP contribution in [0.1, 0.15) is 11.1 Å². The predicted molar refractivity (Wildman–Crippen MR) is 138 cm³/mol. The Morgan fingerprint density at radius 2 is 1.54 bits per heavy atom. The molecule has 0 bridgehead atoms. The van der Waals surface area contributed by atoms with Crippen LogP contribution in [-0.4, -0.2) is 35.0 Å². The molecule has 0 amide bonds. The summed E-state index contributed by atoms with van der Waals surface area (Å²) in [5.41, 5.74) is 0.483. The predicted octanol–water partition coefficient (Wildman–Crippen LogP) is 4.81. The SMILES string of the molecule is Cc1ccc(S(=O)(=O)OCCOc2ccc([N+](=O)[O-])c(CS(=O)(=O)c3cccc4ccccc34)c2)cc1. The second kappa shape index (κ2) is 10.7. The molecule has 0 saturated heterocycles. The van der Waals surface area contributed by atoms with Gasteiger partial charge in [0.2, 0.25) is 0 Å². The van der Waals surface area contributed by atoms with Crippen molar-refractivity contribution in [2.75, 3.05) is 13.2 Å². The first-order valence-corrected chi connectivity index (χ1v) is 14.2. The van der Waals surface area contributed by atoms with Crippen LogP contribution < -0.4 is 4.74 Å². The van der Waals surface area contributed by atoms with Crippen LogP contribution in [0.15, 0.2) is 94.7 Å². The second-order valence-corrected chi connectivity index (χ2v) is 11.8. The molecule has 0 aromatic heterocycles. The molecule has 0 heterocycles. The van der Waals surface area contributed by atoms with Gasteiger partial charge in [-0.3, -0.25) is 14.3 Å². The van der Waals surface area contributed by atoms with Crippen LogP contribution in [0, 0.1) is 17.0 Å². The molecule has 0 atom stereocenters. The van der Waals surface area contributed by atoms with Gasteiger partial charge in [-0.2, -0.15) is 8.42 Å². The fourth-order valence-electron chi connectivity index (χ4n) is 3.77. The van der Waals surface area contributed by atoms with E-state index in [9.17, 15) is 26.9 Å². The highest BCUT2D eigenvalue weighted by molar-refractivity contribution is 7.91. The van der Waals surface area contributed by atoms with Crippen LogP contribution in [0.5, 0.6) is 5.75 Å². The number of fused-ring (bicyclic) bond motifs is 1. The summed E-state index contributed by atoms with van der Waals surface area (Å²) in [5, 5.41) is 12.8. The first-order chi connectivity index (χ1) is 17.6. The third kappa shape index (κ3) is 6.13. The monoisotopic (exact) mass is 541 g/mol. The molecule has 4 aromatic rings. The lowest BCUT2D eigenvalue weighted by molar-refractivity contribution is -0.385. The molecule has 0 saturated carbocycles. The highest BCUT2D eigenvalue weighted by atomic mass is 32.2. The van der Waals surface area contributed by atoms with E-state index in [0.717, 1.165) is 17.0 Å². The largest absolute Gasteiger partial charge is 0.491 e. The van der Waals surface area contributed by atoms with Crippen molar-refractivity contribution in [3.8, 4) is 5.75 Å². The summed E-state index contributed by atoms with van der Waals surface area (Å²) in [4.78, 5) is 11.0. The van der Waals surface area contributed by atoms with Gasteiger partial charge >= 0.3 is 0 Å². The standard InChI is InChI=1S/C26H23NO8S2/c1-19-9-12-23(13-10-19)37(32,33)35-16-15-34-22-11-14-25(27(28)29)21(17-22)18-36(30,31)26-8-4-6-20-5-2-3-7-24(20)26/h2-14,17H,15-16,18H2,1H3. The molecule has 4 aromatic carbocycles. The molecule has 0 aliphatic carbocycles. The second-order valence-electron chi connectivity index (χ2n) is 8.22. The molecular weight excluding hydrogens is 518 g/mol. The van der Waals surface area contributed by atoms with Gasteiger partial charge in [0.25, 0.3) is 15.8 Å². The van der Waals surface area contributed by atoms with E-state index in [1.165, 1.54) is 30.3 Å². The summed E-state index contributed by atoms with van der Waals surface area (Å²) < 4.78 is 61.7. The van der Waals surface area contributed by atoms with Gasteiger partial charge in [-0.1, -0.05) is 54.1 Å². The summed E-state index contributed by atoms with van der Waals surface area (Å²) in [6.07, 6.45) is 0. The summed E-state index contributed by atoms with van der Waals surface area (Å²) in [7, 11) is -7.93. The highest BCUT2D eigenvalue weighted by Gasteiger charge is 2.24. The maximum atomic E-state index is 13.3. The molecule has 0 aliphatic heterocycles. The highest BCUT2D eigenvalue weighted by Crippen LogP contribution is 2.31. The summed E-state index contributed by atoms with van der Waals surface area (Å²) in [5.74, 6) is -0.475. The van der Waals surface area contributed by atoms with Crippen molar-refractivity contribution in [3.05, 3.63) is 106 Å². The number of sulfone groups is 1. The Morgan fingerprint density at radius 1 is 0.838 bits per heavy atom. The number of benzene rings is 4. The molecular formula is C26H23NO8S2. The first-order valence-electron chi connectivity index (χ1n) is 11.1. The molecule has 0 aliphatic rings. The minimum Gasteiger partial charge on any atom is -0.491 e. The zero-order valence-corrected chi connectivity index (χ0v) is 21.4. The van der Waals surface area contributed by atoms with Gasteiger partial charge < -0.3 is 4.74 Å². The van der Waals surface area contributed by atoms with E-state index < -0.39 is 30.6 Å². The van der Waals surface area contributed by atoms with E-state index in [2.05, 4.69) is 0 Å². The Kier molecular flexibility index (Phi) is 7.58. The first kappa shape index (κ1) is 26.3. The molecule has 0 radical (unpaired) electrons. The van der Waals surface area contributed by atoms with Crippen LogP contribution in [0.3, 0.4) is 0 Å². The maximum Gasteiger partial charge on any atom is 0.297 e. The number of rotatable bonds is 10. The van der Waals surface area contributed by atoms with E-state index in [1.54, 1.807) is 48.5 Å². The third-order valence-corrected chi connectivity index (χ3v) is 8.62. The topological polar surface area (TPSA) is 130 Å². The Balaban J connectivity index is 1.50. The Bertz CT molecular complexity index is 1660. The van der Waals surface area contributed by atoms with E-state index >= 15 is 0 Å². The van der Waals surface area contributed by atoms with Crippen molar-refractivity contribution in [2.24, 2.45) is 0 Å². The fourth-order valence-corrected chi connectivity index (χ4v) is 6.27. The third-order valence-electron chi connectivity index (χ3n) is 5.58. The van der Waals surface area contributed by atoms with Crippen molar-refractivity contribution >= 4 is 36.4 Å². The van der Waals surface area contributed by atoms with E-state index in [4.69, 9.17) is 8.92 Å². The summed E-state index contributed by atoms with van der Waals surface area (Å²) >= 11 is 0. The quantitative estimate of drug-likeness (QED) is 0.121. The van der Waals surface area contributed by atoms with Crippen LogP contribution in [0.25, 0.3) is 10.8 Å². The van der Waals surface area contributed by atoms with Crippen LogP contribution in [-0.2, 0) is 29.9 Å². The van der Waals surface area contributed by atoms with Crippen molar-refractivity contribution in [2.45, 2.75) is 22.5 Å². The van der Waals surface area contributed by atoms with Gasteiger partial charge in [0.05, 0.1) is 20.5 Å². The van der Waals surface area contributed by atoms with Crippen LogP contribution >= 0.6 is 0 Å². The average molecular weight is 542 g/mol. The Labute approximate surface area is 214 Å². The van der Waals surface area contributed by atoms with E-state index in [-0.39, 0.29) is 40.0 Å². The minimum atomic E-state index is -3.98. The lowest BCUT2D eigenvalue weighted by Gasteiger charge is -2.11. The number of hydrogen-bond donors (Lipinski definition) is 0. The molecule has 0 spiro atoms. The van der Waals surface area contributed by atoms with Gasteiger partial charge in [-0.15, -0.1) is 0 Å². The number of nitro groups is 1. The molecule has 11 heteroatoms. The smallest absolute Gasteiger partial charge is 0.297 e. The fraction of sp³-hybridized carbons (Fsp3) is 0.154. The van der Waals surface area contributed by atoms with E-state index in [0.29, 0.717) is 5.39 Å². The summed E-state index contributed by atoms with van der Waals surface area (Å²) in [6, 6.07) is 21.8. The number of nitro benzene ring substituents is 1. The maximum absolute atomic E-state index is 13.3. The van der Waals surface area contributed by atoms with Crippen molar-refractivity contribution in [3.63, 3.8) is 0 Å². The van der Waals surface area contributed by atoms with Gasteiger partial charge in [0, 0.05) is 17.0 Å². The lowest BCUT2D eigenvalue weighted by Crippen LogP contribution is -2.13. The molecule has 4 rings (SSSR count). The van der Waals surface area contributed by atoms with Crippen molar-refractivity contribution in [1.29, 1.82) is 0 Å². The number of hydrogen-bond acceptors (Lipinski definition) is 8. The molecule has 0 unspecified atom stereocenters. The van der Waals surface area contributed by atoms with Crippen LogP contribution in [0.4, 0.5) is 5.69 Å². The zero-order valence-electron chi connectivity index (χ0n) is 19.7. The van der Waals surface area contributed by atoms with Gasteiger partial charge in [0.15, 0.2) is 9.84 Å². The minimum absolute atomic E-state index is 0.00867. The average Bonchev–Trinajstić information content (AvgIpc) is 2.86. The van der Waals surface area contributed by atoms with E-state index in [1.807, 2.05) is 6.92 Å².